The van der Waals surface area contributed by atoms with Gasteiger partial charge in [0.05, 0.1) is 18.5 Å². The molecule has 0 saturated carbocycles. The van der Waals surface area contributed by atoms with E-state index in [-0.39, 0.29) is 12.4 Å². The number of hydrogen-bond acceptors (Lipinski definition) is 4. The van der Waals surface area contributed by atoms with Crippen LogP contribution in [0, 0.1) is 0 Å². The van der Waals surface area contributed by atoms with Crippen LogP contribution in [0.25, 0.3) is 0 Å². The van der Waals surface area contributed by atoms with Gasteiger partial charge in [-0.2, -0.15) is 0 Å². The van der Waals surface area contributed by atoms with E-state index in [0.29, 0.717) is 13.0 Å². The molecule has 3 unspecified atom stereocenters. The molecule has 88 valence electrons. The molecule has 7 heteroatoms. The number of nitrogens with one attached hydrogen (secondary N) is 1. The van der Waals surface area contributed by atoms with Gasteiger partial charge in [0.15, 0.2) is 11.1 Å². The molecule has 1 heterocycles. The van der Waals surface area contributed by atoms with Crippen molar-refractivity contribution in [3.05, 3.63) is 0 Å². The first kappa shape index (κ1) is 12.6. The highest BCUT2D eigenvalue weighted by molar-refractivity contribution is 7.79. The molecule has 1 saturated heterocycles. The third kappa shape index (κ3) is 4.25. The molecule has 3 atom stereocenters. The summed E-state index contributed by atoms with van der Waals surface area (Å²) in [6, 6.07) is -0.703. The van der Waals surface area contributed by atoms with Gasteiger partial charge in [-0.25, -0.2) is 4.21 Å². The minimum absolute atomic E-state index is 0.0167. The monoisotopic (exact) mass is 237 g/mol. The highest BCUT2D eigenvalue weighted by atomic mass is 32.2. The third-order valence-electron chi connectivity index (χ3n) is 2.26. The largest absolute Gasteiger partial charge is 0.480 e. The molecule has 0 radical (unpaired) electrons. The number of aliphatic carboxylic acids is 1. The number of carbonyl (C=O) groups is 1. The molecule has 1 fully saturated rings. The lowest BCUT2D eigenvalue weighted by Crippen LogP contribution is -2.51. The van der Waals surface area contributed by atoms with Crippen molar-refractivity contribution in [2.75, 3.05) is 18.9 Å². The van der Waals surface area contributed by atoms with Crippen LogP contribution in [0.5, 0.6) is 0 Å². The summed E-state index contributed by atoms with van der Waals surface area (Å²) in [6.07, 6.45) is 1.12. The molecule has 1 aliphatic heterocycles. The van der Waals surface area contributed by atoms with Gasteiger partial charge in [0, 0.05) is 0 Å². The molecular weight excluding hydrogens is 222 g/mol. The lowest BCUT2D eigenvalue weighted by molar-refractivity contribution is -0.145. The number of piperidine rings is 1. The predicted molar refractivity (Wildman–Crippen MR) is 54.0 cm³/mol. The van der Waals surface area contributed by atoms with Crippen LogP contribution in [0.3, 0.4) is 0 Å². The summed E-state index contributed by atoms with van der Waals surface area (Å²) in [7, 11) is 0. The van der Waals surface area contributed by atoms with E-state index in [1.165, 1.54) is 0 Å². The van der Waals surface area contributed by atoms with Gasteiger partial charge < -0.3 is 19.7 Å². The molecule has 0 bridgehead atoms. The molecule has 3 N–H and O–H groups in total. The van der Waals surface area contributed by atoms with Crippen molar-refractivity contribution in [1.82, 2.24) is 5.32 Å². The van der Waals surface area contributed by atoms with Crippen molar-refractivity contribution < 1.29 is 23.4 Å². The maximum Gasteiger partial charge on any atom is 0.323 e. The van der Waals surface area contributed by atoms with Gasteiger partial charge in [-0.1, -0.05) is 0 Å². The number of rotatable bonds is 5. The van der Waals surface area contributed by atoms with Crippen LogP contribution in [0.1, 0.15) is 12.8 Å². The van der Waals surface area contributed by atoms with Gasteiger partial charge in [-0.3, -0.25) is 4.79 Å². The van der Waals surface area contributed by atoms with Crippen LogP contribution < -0.4 is 5.32 Å². The van der Waals surface area contributed by atoms with Crippen LogP contribution in [0.2, 0.25) is 0 Å². The van der Waals surface area contributed by atoms with E-state index in [1.54, 1.807) is 0 Å². The van der Waals surface area contributed by atoms with Crippen molar-refractivity contribution in [1.29, 1.82) is 0 Å². The van der Waals surface area contributed by atoms with E-state index in [0.717, 1.165) is 6.42 Å². The number of carboxylic acids is 1. The Morgan fingerprint density at radius 3 is 2.93 bits per heavy atom. The molecule has 0 spiro atoms. The first-order chi connectivity index (χ1) is 7.11. The predicted octanol–water partition coefficient (Wildman–Crippen LogP) is -0.570. The molecule has 15 heavy (non-hydrogen) atoms. The van der Waals surface area contributed by atoms with Crippen LogP contribution in [0.4, 0.5) is 0 Å². The summed E-state index contributed by atoms with van der Waals surface area (Å²) in [6.45, 7) is 0.780. The van der Waals surface area contributed by atoms with E-state index in [9.17, 15) is 9.00 Å². The van der Waals surface area contributed by atoms with E-state index in [4.69, 9.17) is 14.4 Å². The fraction of sp³-hybridized carbons (Fsp3) is 0.875. The first-order valence-corrected chi connectivity index (χ1v) is 6.04. The Kier molecular flexibility index (Phi) is 5.16. The maximum absolute atomic E-state index is 10.8. The third-order valence-corrected chi connectivity index (χ3v) is 2.77. The molecule has 6 nitrogen and oxygen atoms in total. The number of ether oxygens (including phenoxy) is 1. The average Bonchev–Trinajstić information content (AvgIpc) is 2.17. The second-order valence-electron chi connectivity index (χ2n) is 3.35. The van der Waals surface area contributed by atoms with Crippen molar-refractivity contribution in [3.63, 3.8) is 0 Å². The summed E-state index contributed by atoms with van der Waals surface area (Å²) >= 11 is -1.88. The van der Waals surface area contributed by atoms with Crippen LogP contribution in [-0.4, -0.2) is 50.9 Å². The molecule has 1 rings (SSSR count). The van der Waals surface area contributed by atoms with E-state index < -0.39 is 29.2 Å². The van der Waals surface area contributed by atoms with Gasteiger partial charge in [0.2, 0.25) is 0 Å². The quantitative estimate of drug-likeness (QED) is 0.554. The van der Waals surface area contributed by atoms with Crippen LogP contribution in [-0.2, 0) is 20.6 Å². The van der Waals surface area contributed by atoms with Gasteiger partial charge in [-0.15, -0.1) is 0 Å². The van der Waals surface area contributed by atoms with Crippen molar-refractivity contribution >= 4 is 17.0 Å². The molecule has 1 aliphatic rings. The minimum Gasteiger partial charge on any atom is -0.480 e. The molecule has 0 aromatic carbocycles. The van der Waals surface area contributed by atoms with E-state index in [2.05, 4.69) is 5.32 Å². The van der Waals surface area contributed by atoms with Crippen LogP contribution >= 0.6 is 0 Å². The van der Waals surface area contributed by atoms with Gasteiger partial charge in [-0.05, 0) is 19.4 Å². The van der Waals surface area contributed by atoms with Crippen molar-refractivity contribution in [2.24, 2.45) is 0 Å². The Morgan fingerprint density at radius 2 is 2.33 bits per heavy atom. The standard InChI is InChI=1S/C8H15NO5S/c10-8(11)7-6(2-1-3-9-7)14-4-5-15(12)13/h6-7,9H,1-5H2,(H,10,11)(H,12,13). The smallest absolute Gasteiger partial charge is 0.323 e. The SMILES string of the molecule is O=C(O)C1NCCCC1OCCS(=O)O. The maximum atomic E-state index is 10.8. The number of carboxylic acid groups (broad SMARTS) is 1. The lowest BCUT2D eigenvalue weighted by atomic mass is 10.0. The summed E-state index contributed by atoms with van der Waals surface area (Å²) < 4.78 is 24.1. The molecule has 0 aliphatic carbocycles. The first-order valence-electron chi connectivity index (χ1n) is 4.76. The van der Waals surface area contributed by atoms with Gasteiger partial charge >= 0.3 is 5.97 Å². The van der Waals surface area contributed by atoms with Gasteiger partial charge in [0.1, 0.15) is 6.04 Å². The van der Waals surface area contributed by atoms with Crippen molar-refractivity contribution in [3.8, 4) is 0 Å². The fourth-order valence-electron chi connectivity index (χ4n) is 1.56. The summed E-state index contributed by atoms with van der Waals surface area (Å²) in [5.41, 5.74) is 0. The highest BCUT2D eigenvalue weighted by Gasteiger charge is 2.31. The Morgan fingerprint density at radius 1 is 1.60 bits per heavy atom. The zero-order valence-corrected chi connectivity index (χ0v) is 9.03. The van der Waals surface area contributed by atoms with Crippen LogP contribution in [0.15, 0.2) is 0 Å². The Labute approximate surface area is 90.3 Å². The van der Waals surface area contributed by atoms with E-state index >= 15 is 0 Å². The molecule has 0 amide bonds. The topological polar surface area (TPSA) is 95.9 Å². The highest BCUT2D eigenvalue weighted by Crippen LogP contribution is 2.12. The molecule has 0 aromatic rings. The lowest BCUT2D eigenvalue weighted by Gasteiger charge is -2.29. The average molecular weight is 237 g/mol. The zero-order chi connectivity index (χ0) is 11.3. The summed E-state index contributed by atoms with van der Waals surface area (Å²) in [5.74, 6) is -0.923. The summed E-state index contributed by atoms with van der Waals surface area (Å²) in [5, 5.41) is 11.7. The Hall–Kier alpha value is -0.500. The Bertz CT molecular complexity index is 247. The second kappa shape index (κ2) is 6.16. The molecular formula is C8H15NO5S. The fourth-order valence-corrected chi connectivity index (χ4v) is 1.79. The normalized spacial score (nSPS) is 28.6. The molecule has 0 aromatic heterocycles. The number of hydrogen-bond donors (Lipinski definition) is 3. The minimum atomic E-state index is -1.88. The second-order valence-corrected chi connectivity index (χ2v) is 4.40. The van der Waals surface area contributed by atoms with E-state index in [1.807, 2.05) is 0 Å². The Balaban J connectivity index is 2.36. The zero-order valence-electron chi connectivity index (χ0n) is 8.22. The van der Waals surface area contributed by atoms with Gasteiger partial charge in [0.25, 0.3) is 0 Å². The summed E-state index contributed by atoms with van der Waals surface area (Å²) in [4.78, 5) is 10.8. The van der Waals surface area contributed by atoms with Crippen molar-refractivity contribution in [2.45, 2.75) is 25.0 Å².